The van der Waals surface area contributed by atoms with Crippen LogP contribution in [0.25, 0.3) is 0 Å². The zero-order chi connectivity index (χ0) is 15.4. The molecule has 1 aliphatic rings. The number of nitrogens with one attached hydrogen (secondary N) is 1. The average molecular weight is 299 g/mol. The number of hydrazine groups is 1. The topological polar surface area (TPSA) is 44.8 Å². The van der Waals surface area contributed by atoms with Crippen molar-refractivity contribution in [2.45, 2.75) is 13.0 Å². The maximum absolute atomic E-state index is 13.5. The van der Waals surface area contributed by atoms with Crippen molar-refractivity contribution in [3.8, 4) is 5.75 Å². The number of ether oxygens (including phenoxy) is 1. The van der Waals surface area contributed by atoms with Crippen molar-refractivity contribution in [1.29, 1.82) is 0 Å². The summed E-state index contributed by atoms with van der Waals surface area (Å²) in [5.41, 5.74) is 2.74. The molecule has 1 fully saturated rings. The Morgan fingerprint density at radius 2 is 1.95 bits per heavy atom. The van der Waals surface area contributed by atoms with Gasteiger partial charge in [0, 0.05) is 32.2 Å². The van der Waals surface area contributed by atoms with E-state index in [1.54, 1.807) is 0 Å². The first-order valence-electron chi connectivity index (χ1n) is 6.81. The van der Waals surface area contributed by atoms with Gasteiger partial charge in [-0.3, -0.25) is 10.2 Å². The summed E-state index contributed by atoms with van der Waals surface area (Å²) in [5, 5.41) is 1.81. The van der Waals surface area contributed by atoms with Gasteiger partial charge in [0.2, 0.25) is 0 Å². The van der Waals surface area contributed by atoms with Crippen LogP contribution >= 0.6 is 0 Å². The summed E-state index contributed by atoms with van der Waals surface area (Å²) in [6, 6.07) is 2.98. The third kappa shape index (κ3) is 4.37. The fourth-order valence-corrected chi connectivity index (χ4v) is 1.98. The molecule has 1 amide bonds. The largest absolute Gasteiger partial charge is 0.478 e. The lowest BCUT2D eigenvalue weighted by atomic mass is 10.3. The molecule has 1 aromatic carbocycles. The van der Waals surface area contributed by atoms with Gasteiger partial charge in [0.15, 0.2) is 17.7 Å². The summed E-state index contributed by atoms with van der Waals surface area (Å²) >= 11 is 0. The number of benzene rings is 1. The highest BCUT2D eigenvalue weighted by molar-refractivity contribution is 5.80. The summed E-state index contributed by atoms with van der Waals surface area (Å²) in [6.07, 6.45) is -0.871. The molecule has 21 heavy (non-hydrogen) atoms. The van der Waals surface area contributed by atoms with Crippen molar-refractivity contribution in [2.75, 3.05) is 33.2 Å². The number of amides is 1. The van der Waals surface area contributed by atoms with Crippen molar-refractivity contribution in [2.24, 2.45) is 0 Å². The van der Waals surface area contributed by atoms with Crippen molar-refractivity contribution in [3.05, 3.63) is 29.8 Å². The Kier molecular flexibility index (Phi) is 5.08. The SMILES string of the molecule is C[C@@H](Oc1ccc(F)cc1F)C(=O)NN1CCN(C)CC1. The van der Waals surface area contributed by atoms with Crippen LogP contribution in [0.5, 0.6) is 5.75 Å². The molecule has 0 spiro atoms. The van der Waals surface area contributed by atoms with Gasteiger partial charge in [-0.05, 0) is 26.1 Å². The second-order valence-electron chi connectivity index (χ2n) is 5.10. The second-order valence-corrected chi connectivity index (χ2v) is 5.10. The molecule has 1 aliphatic heterocycles. The molecule has 0 saturated carbocycles. The number of hydrogen-bond acceptors (Lipinski definition) is 4. The average Bonchev–Trinajstić information content (AvgIpc) is 2.44. The van der Waals surface area contributed by atoms with Crippen LogP contribution in [0.1, 0.15) is 6.92 Å². The highest BCUT2D eigenvalue weighted by Gasteiger charge is 2.21. The molecule has 7 heteroatoms. The zero-order valence-electron chi connectivity index (χ0n) is 12.1. The van der Waals surface area contributed by atoms with Gasteiger partial charge in [0.05, 0.1) is 0 Å². The number of halogens is 2. The van der Waals surface area contributed by atoms with E-state index >= 15 is 0 Å². The van der Waals surface area contributed by atoms with Crippen LogP contribution < -0.4 is 10.2 Å². The number of likely N-dealkylation sites (N-methyl/N-ethyl adjacent to an activating group) is 1. The van der Waals surface area contributed by atoms with Gasteiger partial charge in [-0.15, -0.1) is 0 Å². The summed E-state index contributed by atoms with van der Waals surface area (Å²) in [6.45, 7) is 4.69. The predicted octanol–water partition coefficient (Wildman–Crippen LogP) is 1.01. The van der Waals surface area contributed by atoms with Crippen molar-refractivity contribution < 1.29 is 18.3 Å². The molecule has 0 aromatic heterocycles. The van der Waals surface area contributed by atoms with E-state index in [0.717, 1.165) is 38.3 Å². The lowest BCUT2D eigenvalue weighted by molar-refractivity contribution is -0.133. The molecule has 1 N–H and O–H groups in total. The van der Waals surface area contributed by atoms with Gasteiger partial charge in [-0.25, -0.2) is 13.8 Å². The maximum atomic E-state index is 13.5. The Labute approximate surface area is 122 Å². The Morgan fingerprint density at radius 3 is 2.57 bits per heavy atom. The van der Waals surface area contributed by atoms with Gasteiger partial charge in [0.25, 0.3) is 5.91 Å². The Morgan fingerprint density at radius 1 is 1.29 bits per heavy atom. The van der Waals surface area contributed by atoms with Crippen LogP contribution in [-0.2, 0) is 4.79 Å². The first kappa shape index (κ1) is 15.7. The Hall–Kier alpha value is -1.73. The van der Waals surface area contributed by atoms with Crippen LogP contribution in [0.4, 0.5) is 8.78 Å². The quantitative estimate of drug-likeness (QED) is 0.901. The molecule has 1 saturated heterocycles. The van der Waals surface area contributed by atoms with Crippen molar-refractivity contribution >= 4 is 5.91 Å². The fraction of sp³-hybridized carbons (Fsp3) is 0.500. The van der Waals surface area contributed by atoms with Crippen LogP contribution in [0.2, 0.25) is 0 Å². The number of piperazine rings is 1. The maximum Gasteiger partial charge on any atom is 0.275 e. The first-order valence-corrected chi connectivity index (χ1v) is 6.81. The molecule has 5 nitrogen and oxygen atoms in total. The summed E-state index contributed by atoms with van der Waals surface area (Å²) in [4.78, 5) is 14.2. The van der Waals surface area contributed by atoms with Crippen molar-refractivity contribution in [3.63, 3.8) is 0 Å². The highest BCUT2D eigenvalue weighted by atomic mass is 19.1. The normalized spacial score (nSPS) is 18.3. The predicted molar refractivity (Wildman–Crippen MR) is 73.7 cm³/mol. The number of carbonyl (C=O) groups excluding carboxylic acids is 1. The van der Waals surface area contributed by atoms with E-state index in [4.69, 9.17) is 4.74 Å². The molecule has 116 valence electrons. The van der Waals surface area contributed by atoms with Crippen molar-refractivity contribution in [1.82, 2.24) is 15.3 Å². The van der Waals surface area contributed by atoms with Gasteiger partial charge in [-0.1, -0.05) is 0 Å². The Balaban J connectivity index is 1.87. The molecular weight excluding hydrogens is 280 g/mol. The van der Waals surface area contributed by atoms with Gasteiger partial charge in [-0.2, -0.15) is 0 Å². The Bertz CT molecular complexity index is 505. The minimum absolute atomic E-state index is 0.141. The lowest BCUT2D eigenvalue weighted by Crippen LogP contribution is -2.54. The van der Waals surface area contributed by atoms with E-state index in [0.29, 0.717) is 0 Å². The van der Waals surface area contributed by atoms with Crippen LogP contribution in [-0.4, -0.2) is 55.1 Å². The summed E-state index contributed by atoms with van der Waals surface area (Å²) in [5.74, 6) is -2.01. The molecule has 2 rings (SSSR count). The van der Waals surface area contributed by atoms with Crippen LogP contribution in [0.3, 0.4) is 0 Å². The molecule has 1 aromatic rings. The van der Waals surface area contributed by atoms with E-state index < -0.39 is 17.7 Å². The van der Waals surface area contributed by atoms with E-state index in [1.807, 2.05) is 12.1 Å². The minimum Gasteiger partial charge on any atom is -0.478 e. The summed E-state index contributed by atoms with van der Waals surface area (Å²) in [7, 11) is 2.02. The summed E-state index contributed by atoms with van der Waals surface area (Å²) < 4.78 is 31.5. The highest BCUT2D eigenvalue weighted by Crippen LogP contribution is 2.19. The lowest BCUT2D eigenvalue weighted by Gasteiger charge is -2.33. The number of rotatable bonds is 4. The zero-order valence-corrected chi connectivity index (χ0v) is 12.1. The fourth-order valence-electron chi connectivity index (χ4n) is 1.98. The number of hydrogen-bond donors (Lipinski definition) is 1. The molecule has 0 unspecified atom stereocenters. The minimum atomic E-state index is -0.871. The third-order valence-electron chi connectivity index (χ3n) is 3.34. The van der Waals surface area contributed by atoms with E-state index in [2.05, 4.69) is 10.3 Å². The molecular formula is C14H19F2N3O2. The van der Waals surface area contributed by atoms with Gasteiger partial charge < -0.3 is 9.64 Å². The monoisotopic (exact) mass is 299 g/mol. The number of nitrogens with zero attached hydrogens (tertiary/aromatic N) is 2. The standard InChI is InChI=1S/C14H19F2N3O2/c1-10(21-13-4-3-11(15)9-12(13)16)14(20)17-19-7-5-18(2)6-8-19/h3-4,9-10H,5-8H2,1-2H3,(H,17,20)/t10-/m1/s1. The number of carbonyl (C=O) groups is 1. The van der Waals surface area contributed by atoms with E-state index in [9.17, 15) is 13.6 Å². The third-order valence-corrected chi connectivity index (χ3v) is 3.34. The van der Waals surface area contributed by atoms with Gasteiger partial charge in [0.1, 0.15) is 5.82 Å². The van der Waals surface area contributed by atoms with Crippen LogP contribution in [0, 0.1) is 11.6 Å². The molecule has 0 bridgehead atoms. The van der Waals surface area contributed by atoms with E-state index in [1.165, 1.54) is 13.0 Å². The second kappa shape index (κ2) is 6.82. The molecule has 1 atom stereocenters. The smallest absolute Gasteiger partial charge is 0.275 e. The van der Waals surface area contributed by atoms with Crippen LogP contribution in [0.15, 0.2) is 18.2 Å². The van der Waals surface area contributed by atoms with E-state index in [-0.39, 0.29) is 11.7 Å². The molecule has 0 radical (unpaired) electrons. The van der Waals surface area contributed by atoms with Gasteiger partial charge >= 0.3 is 0 Å². The molecule has 1 heterocycles. The first-order chi connectivity index (χ1) is 9.95. The molecule has 0 aliphatic carbocycles.